The van der Waals surface area contributed by atoms with Crippen LogP contribution in [-0.4, -0.2) is 61.8 Å². The molecule has 1 aromatic carbocycles. The fourth-order valence-electron chi connectivity index (χ4n) is 3.04. The van der Waals surface area contributed by atoms with Gasteiger partial charge >= 0.3 is 0 Å². The molecule has 158 valence electrons. The Balaban J connectivity index is 1.83. The van der Waals surface area contributed by atoms with E-state index in [9.17, 15) is 13.2 Å². The van der Waals surface area contributed by atoms with E-state index in [1.54, 1.807) is 13.8 Å². The molecule has 29 heavy (non-hydrogen) atoms. The summed E-state index contributed by atoms with van der Waals surface area (Å²) in [6, 6.07) is 4.37. The molecule has 0 saturated carbocycles. The van der Waals surface area contributed by atoms with Crippen molar-refractivity contribution in [1.29, 1.82) is 0 Å². The zero-order valence-corrected chi connectivity index (χ0v) is 18.0. The van der Waals surface area contributed by atoms with Crippen molar-refractivity contribution in [3.8, 4) is 5.75 Å². The third-order valence-electron chi connectivity index (χ3n) is 4.64. The highest BCUT2D eigenvalue weighted by molar-refractivity contribution is 7.89. The summed E-state index contributed by atoms with van der Waals surface area (Å²) < 4.78 is 39.1. The maximum absolute atomic E-state index is 12.9. The number of hydrogen-bond acceptors (Lipinski definition) is 6. The number of nitrogens with one attached hydrogen (secondary N) is 1. The number of ether oxygens (including phenoxy) is 2. The molecule has 1 amide bonds. The van der Waals surface area contributed by atoms with Crippen LogP contribution in [0.3, 0.4) is 0 Å². The molecule has 1 aliphatic heterocycles. The lowest BCUT2D eigenvalue weighted by Crippen LogP contribution is -2.40. The lowest BCUT2D eigenvalue weighted by atomic mass is 10.3. The van der Waals surface area contributed by atoms with Crippen LogP contribution < -0.4 is 10.1 Å². The van der Waals surface area contributed by atoms with Gasteiger partial charge in [0.1, 0.15) is 12.3 Å². The van der Waals surface area contributed by atoms with E-state index in [0.29, 0.717) is 35.4 Å². The predicted molar refractivity (Wildman–Crippen MR) is 108 cm³/mol. The molecule has 0 unspecified atom stereocenters. The Labute approximate surface area is 174 Å². The molecule has 2 heterocycles. The summed E-state index contributed by atoms with van der Waals surface area (Å²) in [6.07, 6.45) is 0. The number of hydrogen-bond donors (Lipinski definition) is 1. The number of nitrogens with zero attached hydrogens (tertiary/aromatic N) is 3. The van der Waals surface area contributed by atoms with Gasteiger partial charge in [-0.15, -0.1) is 0 Å². The number of carbonyl (C=O) groups excluding carboxylic acids is 1. The average molecular weight is 443 g/mol. The quantitative estimate of drug-likeness (QED) is 0.732. The van der Waals surface area contributed by atoms with Gasteiger partial charge < -0.3 is 14.8 Å². The molecule has 1 fully saturated rings. The van der Waals surface area contributed by atoms with Gasteiger partial charge in [-0.25, -0.2) is 8.42 Å². The normalized spacial score (nSPS) is 15.3. The van der Waals surface area contributed by atoms with E-state index >= 15 is 0 Å². The number of methoxy groups -OCH3 is 1. The lowest BCUT2D eigenvalue weighted by molar-refractivity contribution is -0.117. The Morgan fingerprint density at radius 3 is 2.59 bits per heavy atom. The molecule has 0 atom stereocenters. The molecule has 1 aromatic heterocycles. The van der Waals surface area contributed by atoms with Crippen LogP contribution in [0.1, 0.15) is 11.4 Å². The Bertz CT molecular complexity index is 1020. The second-order valence-corrected chi connectivity index (χ2v) is 8.89. The highest BCUT2D eigenvalue weighted by atomic mass is 35.5. The molecule has 0 aliphatic carbocycles. The Kier molecular flexibility index (Phi) is 6.47. The molecule has 1 aliphatic rings. The van der Waals surface area contributed by atoms with Crippen molar-refractivity contribution in [1.82, 2.24) is 14.1 Å². The van der Waals surface area contributed by atoms with Crippen LogP contribution in [0.5, 0.6) is 5.75 Å². The van der Waals surface area contributed by atoms with Gasteiger partial charge in [-0.2, -0.15) is 9.40 Å². The van der Waals surface area contributed by atoms with Crippen LogP contribution >= 0.6 is 11.6 Å². The smallest absolute Gasteiger partial charge is 0.246 e. The van der Waals surface area contributed by atoms with E-state index in [2.05, 4.69) is 10.4 Å². The molecule has 0 spiro atoms. The molecule has 0 radical (unpaired) electrons. The van der Waals surface area contributed by atoms with E-state index in [1.165, 1.54) is 34.3 Å². The van der Waals surface area contributed by atoms with Crippen molar-refractivity contribution < 1.29 is 22.7 Å². The lowest BCUT2D eigenvalue weighted by Gasteiger charge is -2.26. The number of carbonyl (C=O) groups is 1. The number of amides is 1. The van der Waals surface area contributed by atoms with Crippen molar-refractivity contribution >= 4 is 33.2 Å². The monoisotopic (exact) mass is 442 g/mol. The third kappa shape index (κ3) is 4.55. The number of sulfonamides is 1. The van der Waals surface area contributed by atoms with Crippen LogP contribution in [0.15, 0.2) is 23.1 Å². The van der Waals surface area contributed by atoms with Gasteiger partial charge in [0.2, 0.25) is 15.9 Å². The minimum absolute atomic E-state index is 0.0665. The van der Waals surface area contributed by atoms with E-state index in [1.807, 2.05) is 0 Å². The fourth-order valence-corrected chi connectivity index (χ4v) is 4.61. The number of aromatic nitrogens is 2. The van der Waals surface area contributed by atoms with Gasteiger partial charge in [-0.05, 0) is 32.0 Å². The van der Waals surface area contributed by atoms with Crippen molar-refractivity contribution in [2.24, 2.45) is 0 Å². The number of aryl methyl sites for hydroxylation is 1. The van der Waals surface area contributed by atoms with Gasteiger partial charge in [0.05, 0.1) is 47.3 Å². The van der Waals surface area contributed by atoms with E-state index < -0.39 is 10.0 Å². The number of morpholine rings is 1. The van der Waals surface area contributed by atoms with Gasteiger partial charge in [0.15, 0.2) is 0 Å². The molecule has 3 rings (SSSR count). The Hall–Kier alpha value is -2.14. The second-order valence-electron chi connectivity index (χ2n) is 6.57. The maximum atomic E-state index is 12.9. The van der Waals surface area contributed by atoms with Crippen molar-refractivity contribution in [2.75, 3.05) is 38.7 Å². The van der Waals surface area contributed by atoms with Crippen molar-refractivity contribution in [2.45, 2.75) is 25.3 Å². The molecule has 9 nitrogen and oxygen atoms in total. The summed E-state index contributed by atoms with van der Waals surface area (Å²) in [5.41, 5.74) is 1.57. The maximum Gasteiger partial charge on any atom is 0.246 e. The first-order valence-corrected chi connectivity index (χ1v) is 10.8. The van der Waals surface area contributed by atoms with Gasteiger partial charge in [-0.3, -0.25) is 9.48 Å². The zero-order chi connectivity index (χ0) is 21.2. The number of benzene rings is 1. The minimum atomic E-state index is -3.70. The topological polar surface area (TPSA) is 103 Å². The van der Waals surface area contributed by atoms with Crippen LogP contribution in [0.4, 0.5) is 5.69 Å². The summed E-state index contributed by atoms with van der Waals surface area (Å²) in [5.74, 6) is -0.0304. The van der Waals surface area contributed by atoms with Gasteiger partial charge in [0, 0.05) is 13.1 Å². The Morgan fingerprint density at radius 2 is 2.00 bits per heavy atom. The first-order chi connectivity index (χ1) is 13.7. The first kappa shape index (κ1) is 21.6. The zero-order valence-electron chi connectivity index (χ0n) is 16.4. The third-order valence-corrected chi connectivity index (χ3v) is 7.08. The summed E-state index contributed by atoms with van der Waals surface area (Å²) in [6.45, 7) is 4.74. The average Bonchev–Trinajstić information content (AvgIpc) is 2.95. The second kappa shape index (κ2) is 8.70. The number of halogens is 1. The van der Waals surface area contributed by atoms with E-state index in [4.69, 9.17) is 21.1 Å². The van der Waals surface area contributed by atoms with Gasteiger partial charge in [-0.1, -0.05) is 11.6 Å². The highest BCUT2D eigenvalue weighted by Gasteiger charge is 2.27. The standard InChI is InChI=1S/C18H23ClN4O5S/c1-12-18(19)13(2)23(21-12)11-17(24)20-15-10-14(4-5-16(15)27-3)29(25,26)22-6-8-28-9-7-22/h4-5,10H,6-9,11H2,1-3H3,(H,20,24). The predicted octanol–water partition coefficient (Wildman–Crippen LogP) is 1.82. The molecule has 11 heteroatoms. The summed E-state index contributed by atoms with van der Waals surface area (Å²) in [4.78, 5) is 12.6. The van der Waals surface area contributed by atoms with Crippen molar-refractivity contribution in [3.05, 3.63) is 34.6 Å². The molecular formula is C18H23ClN4O5S. The summed E-state index contributed by atoms with van der Waals surface area (Å²) >= 11 is 6.12. The van der Waals surface area contributed by atoms with Crippen LogP contribution in [-0.2, 0) is 26.1 Å². The fraction of sp³-hybridized carbons (Fsp3) is 0.444. The first-order valence-electron chi connectivity index (χ1n) is 8.99. The van der Waals surface area contributed by atoms with Crippen LogP contribution in [0.2, 0.25) is 5.02 Å². The SMILES string of the molecule is COc1ccc(S(=O)(=O)N2CCOCC2)cc1NC(=O)Cn1nc(C)c(Cl)c1C. The van der Waals surface area contributed by atoms with Crippen LogP contribution in [0.25, 0.3) is 0 Å². The molecule has 1 saturated heterocycles. The summed E-state index contributed by atoms with van der Waals surface area (Å²) in [7, 11) is -2.26. The molecule has 0 bridgehead atoms. The molecule has 1 N–H and O–H groups in total. The van der Waals surface area contributed by atoms with E-state index in [-0.39, 0.29) is 36.1 Å². The van der Waals surface area contributed by atoms with E-state index in [0.717, 1.165) is 0 Å². The molecule has 2 aromatic rings. The highest BCUT2D eigenvalue weighted by Crippen LogP contribution is 2.29. The Morgan fingerprint density at radius 1 is 1.31 bits per heavy atom. The van der Waals surface area contributed by atoms with Crippen molar-refractivity contribution in [3.63, 3.8) is 0 Å². The number of anilines is 1. The largest absolute Gasteiger partial charge is 0.495 e. The van der Waals surface area contributed by atoms with Crippen LogP contribution in [0, 0.1) is 13.8 Å². The summed E-state index contributed by atoms with van der Waals surface area (Å²) in [5, 5.41) is 7.44. The molecular weight excluding hydrogens is 420 g/mol. The minimum Gasteiger partial charge on any atom is -0.495 e. The number of rotatable bonds is 6. The van der Waals surface area contributed by atoms with Gasteiger partial charge in [0.25, 0.3) is 0 Å².